The Morgan fingerprint density at radius 2 is 2.05 bits per heavy atom. The summed E-state index contributed by atoms with van der Waals surface area (Å²) in [6.45, 7) is 7.33. The summed E-state index contributed by atoms with van der Waals surface area (Å²) in [5.74, 6) is 0. The first-order valence-electron chi connectivity index (χ1n) is 7.99. The van der Waals surface area contributed by atoms with E-state index in [4.69, 9.17) is 5.11 Å². The first-order valence-corrected chi connectivity index (χ1v) is 7.99. The van der Waals surface area contributed by atoms with Gasteiger partial charge in [-0.2, -0.15) is 0 Å². The number of hydrogen-bond acceptors (Lipinski definition) is 3. The van der Waals surface area contributed by atoms with Crippen LogP contribution in [0.2, 0.25) is 0 Å². The molecule has 0 bridgehead atoms. The van der Waals surface area contributed by atoms with Gasteiger partial charge in [0, 0.05) is 37.6 Å². The van der Waals surface area contributed by atoms with E-state index < -0.39 is 0 Å². The smallest absolute Gasteiger partial charge is 0.321 e. The summed E-state index contributed by atoms with van der Waals surface area (Å²) in [4.78, 5) is 16.1. The lowest BCUT2D eigenvalue weighted by atomic mass is 10.2. The molecule has 0 unspecified atom stereocenters. The van der Waals surface area contributed by atoms with Gasteiger partial charge in [-0.15, -0.1) is 0 Å². The van der Waals surface area contributed by atoms with E-state index in [1.54, 1.807) is 4.90 Å². The summed E-state index contributed by atoms with van der Waals surface area (Å²) in [6, 6.07) is 8.04. The standard InChI is InChI=1S/C17H29N3O2/c1-5-6-10-20(11-12-21)17(22)18-15-8-7-9-16(13-15)19(4)14(2)3/h7-9,13-14,21H,5-6,10-12H2,1-4H3,(H,18,22). The number of hydrogen-bond donors (Lipinski definition) is 2. The average Bonchev–Trinajstić information content (AvgIpc) is 2.50. The predicted octanol–water partition coefficient (Wildman–Crippen LogP) is 3.16. The van der Waals surface area contributed by atoms with Crippen LogP contribution in [-0.4, -0.2) is 48.8 Å². The second kappa shape index (κ2) is 9.30. The topological polar surface area (TPSA) is 55.8 Å². The van der Waals surface area contributed by atoms with Gasteiger partial charge in [-0.05, 0) is 38.5 Å². The molecule has 0 spiro atoms. The highest BCUT2D eigenvalue weighted by atomic mass is 16.3. The third-order valence-electron chi connectivity index (χ3n) is 3.72. The van der Waals surface area contributed by atoms with Crippen molar-refractivity contribution < 1.29 is 9.90 Å². The minimum absolute atomic E-state index is 0.0206. The number of carbonyl (C=O) groups is 1. The molecule has 0 atom stereocenters. The molecule has 0 heterocycles. The largest absolute Gasteiger partial charge is 0.395 e. The number of carbonyl (C=O) groups excluding carboxylic acids is 1. The zero-order valence-electron chi connectivity index (χ0n) is 14.2. The molecule has 5 heteroatoms. The summed E-state index contributed by atoms with van der Waals surface area (Å²) in [5, 5.41) is 12.0. The van der Waals surface area contributed by atoms with E-state index in [0.29, 0.717) is 19.1 Å². The molecule has 0 fully saturated rings. The lowest BCUT2D eigenvalue weighted by Gasteiger charge is -2.25. The Hall–Kier alpha value is -1.75. The van der Waals surface area contributed by atoms with Crippen molar-refractivity contribution in [2.24, 2.45) is 0 Å². The van der Waals surface area contributed by atoms with E-state index in [-0.39, 0.29) is 12.6 Å². The molecule has 0 saturated heterocycles. The predicted molar refractivity (Wildman–Crippen MR) is 92.6 cm³/mol. The summed E-state index contributed by atoms with van der Waals surface area (Å²) in [6.07, 6.45) is 1.95. The molecule has 0 aliphatic heterocycles. The zero-order valence-corrected chi connectivity index (χ0v) is 14.2. The van der Waals surface area contributed by atoms with Crippen LogP contribution in [0, 0.1) is 0 Å². The molecule has 1 aromatic rings. The number of aliphatic hydroxyl groups is 1. The van der Waals surface area contributed by atoms with E-state index in [1.807, 2.05) is 31.3 Å². The van der Waals surface area contributed by atoms with Gasteiger partial charge in [0.2, 0.25) is 0 Å². The van der Waals surface area contributed by atoms with Crippen molar-refractivity contribution in [1.29, 1.82) is 0 Å². The number of nitrogens with one attached hydrogen (secondary N) is 1. The van der Waals surface area contributed by atoms with Gasteiger partial charge in [0.05, 0.1) is 6.61 Å². The second-order valence-electron chi connectivity index (χ2n) is 5.75. The molecule has 0 radical (unpaired) electrons. The molecule has 0 aliphatic carbocycles. The van der Waals surface area contributed by atoms with Crippen molar-refractivity contribution in [3.8, 4) is 0 Å². The number of rotatable bonds is 8. The van der Waals surface area contributed by atoms with Gasteiger partial charge >= 0.3 is 6.03 Å². The van der Waals surface area contributed by atoms with Crippen LogP contribution in [0.1, 0.15) is 33.6 Å². The SMILES string of the molecule is CCCCN(CCO)C(=O)Nc1cccc(N(C)C(C)C)c1. The van der Waals surface area contributed by atoms with Crippen LogP contribution in [0.15, 0.2) is 24.3 Å². The molecule has 2 N–H and O–H groups in total. The molecule has 0 aliphatic rings. The third-order valence-corrected chi connectivity index (χ3v) is 3.72. The van der Waals surface area contributed by atoms with E-state index in [1.165, 1.54) is 0 Å². The Bertz CT molecular complexity index is 463. The maximum atomic E-state index is 12.3. The second-order valence-corrected chi connectivity index (χ2v) is 5.75. The number of amides is 2. The van der Waals surface area contributed by atoms with Gasteiger partial charge in [0.15, 0.2) is 0 Å². The normalized spacial score (nSPS) is 10.6. The zero-order chi connectivity index (χ0) is 16.5. The van der Waals surface area contributed by atoms with Crippen LogP contribution in [-0.2, 0) is 0 Å². The summed E-state index contributed by atoms with van der Waals surface area (Å²) in [5.41, 5.74) is 1.84. The number of nitrogens with zero attached hydrogens (tertiary/aromatic N) is 2. The molecular formula is C17H29N3O2. The van der Waals surface area contributed by atoms with Crippen molar-refractivity contribution in [2.75, 3.05) is 37.0 Å². The van der Waals surface area contributed by atoms with E-state index in [9.17, 15) is 4.79 Å². The minimum atomic E-state index is -0.160. The van der Waals surface area contributed by atoms with Gasteiger partial charge in [0.1, 0.15) is 0 Å². The van der Waals surface area contributed by atoms with E-state index in [0.717, 1.165) is 24.2 Å². The van der Waals surface area contributed by atoms with Crippen LogP contribution in [0.4, 0.5) is 16.2 Å². The Labute approximate surface area is 133 Å². The first kappa shape index (κ1) is 18.3. The highest BCUT2D eigenvalue weighted by Gasteiger charge is 2.13. The molecule has 1 rings (SSSR count). The highest BCUT2D eigenvalue weighted by Crippen LogP contribution is 2.20. The Morgan fingerprint density at radius 1 is 1.32 bits per heavy atom. The highest BCUT2D eigenvalue weighted by molar-refractivity contribution is 5.89. The van der Waals surface area contributed by atoms with Gasteiger partial charge in [-0.3, -0.25) is 0 Å². The number of anilines is 2. The van der Waals surface area contributed by atoms with Gasteiger partial charge in [0.25, 0.3) is 0 Å². The van der Waals surface area contributed by atoms with Crippen molar-refractivity contribution >= 4 is 17.4 Å². The summed E-state index contributed by atoms with van der Waals surface area (Å²) in [7, 11) is 2.03. The fraction of sp³-hybridized carbons (Fsp3) is 0.588. The number of benzene rings is 1. The van der Waals surface area contributed by atoms with Crippen molar-refractivity contribution in [3.63, 3.8) is 0 Å². The molecule has 1 aromatic carbocycles. The molecule has 0 aromatic heterocycles. The van der Waals surface area contributed by atoms with Gasteiger partial charge in [-0.1, -0.05) is 19.4 Å². The average molecular weight is 307 g/mol. The molecule has 5 nitrogen and oxygen atoms in total. The third kappa shape index (κ3) is 5.56. The Morgan fingerprint density at radius 3 is 2.64 bits per heavy atom. The maximum absolute atomic E-state index is 12.3. The van der Waals surface area contributed by atoms with E-state index >= 15 is 0 Å². The van der Waals surface area contributed by atoms with Crippen molar-refractivity contribution in [2.45, 2.75) is 39.7 Å². The van der Waals surface area contributed by atoms with Crippen molar-refractivity contribution in [3.05, 3.63) is 24.3 Å². The Kier molecular flexibility index (Phi) is 7.74. The molecule has 124 valence electrons. The van der Waals surface area contributed by atoms with Crippen molar-refractivity contribution in [1.82, 2.24) is 4.90 Å². The first-order chi connectivity index (χ1) is 10.5. The monoisotopic (exact) mass is 307 g/mol. The molecular weight excluding hydrogens is 278 g/mol. The van der Waals surface area contributed by atoms with Crippen LogP contribution >= 0.6 is 0 Å². The van der Waals surface area contributed by atoms with Crippen LogP contribution in [0.25, 0.3) is 0 Å². The lowest BCUT2D eigenvalue weighted by Crippen LogP contribution is -2.37. The Balaban J connectivity index is 2.75. The number of urea groups is 1. The fourth-order valence-corrected chi connectivity index (χ4v) is 2.09. The maximum Gasteiger partial charge on any atom is 0.321 e. The lowest BCUT2D eigenvalue weighted by molar-refractivity contribution is 0.187. The molecule has 2 amide bonds. The van der Waals surface area contributed by atoms with E-state index in [2.05, 4.69) is 31.0 Å². The van der Waals surface area contributed by atoms with Gasteiger partial charge < -0.3 is 20.2 Å². The molecule has 0 saturated carbocycles. The summed E-state index contributed by atoms with van der Waals surface area (Å²) >= 11 is 0. The van der Waals surface area contributed by atoms with Crippen LogP contribution in [0.3, 0.4) is 0 Å². The fourth-order valence-electron chi connectivity index (χ4n) is 2.09. The summed E-state index contributed by atoms with van der Waals surface area (Å²) < 4.78 is 0. The van der Waals surface area contributed by atoms with Crippen LogP contribution < -0.4 is 10.2 Å². The minimum Gasteiger partial charge on any atom is -0.395 e. The van der Waals surface area contributed by atoms with Gasteiger partial charge in [-0.25, -0.2) is 4.79 Å². The number of unbranched alkanes of at least 4 members (excludes halogenated alkanes) is 1. The van der Waals surface area contributed by atoms with Crippen LogP contribution in [0.5, 0.6) is 0 Å². The molecule has 22 heavy (non-hydrogen) atoms. The number of aliphatic hydroxyl groups excluding tert-OH is 1. The quantitative estimate of drug-likeness (QED) is 0.775.